The van der Waals surface area contributed by atoms with Crippen LogP contribution in [0, 0.1) is 0 Å². The molecule has 0 N–H and O–H groups in total. The van der Waals surface area contributed by atoms with Crippen molar-refractivity contribution in [1.82, 2.24) is 4.57 Å². The lowest BCUT2D eigenvalue weighted by molar-refractivity contribution is -0.149. The highest BCUT2D eigenvalue weighted by atomic mass is 16.5. The van der Waals surface area contributed by atoms with E-state index in [1.807, 2.05) is 13.8 Å². The summed E-state index contributed by atoms with van der Waals surface area (Å²) in [7, 11) is 0. The van der Waals surface area contributed by atoms with Crippen LogP contribution < -0.4 is 5.76 Å². The van der Waals surface area contributed by atoms with E-state index in [0.717, 1.165) is 6.42 Å². The monoisotopic (exact) mass is 249 g/mol. The number of hydrogen-bond donors (Lipinski definition) is 0. The van der Waals surface area contributed by atoms with Gasteiger partial charge in [0.25, 0.3) is 0 Å². The summed E-state index contributed by atoms with van der Waals surface area (Å²) in [6.07, 6.45) is 0.596. The predicted molar refractivity (Wildman–Crippen MR) is 66.3 cm³/mol. The minimum Gasteiger partial charge on any atom is -0.461 e. The molecule has 5 heteroatoms. The Hall–Kier alpha value is -2.04. The molecule has 0 unspecified atom stereocenters. The van der Waals surface area contributed by atoms with Crippen LogP contribution in [0.15, 0.2) is 33.5 Å². The van der Waals surface area contributed by atoms with Gasteiger partial charge in [0, 0.05) is 0 Å². The molecule has 0 amide bonds. The van der Waals surface area contributed by atoms with Crippen molar-refractivity contribution in [2.45, 2.75) is 32.9 Å². The van der Waals surface area contributed by atoms with Crippen LogP contribution in [-0.4, -0.2) is 16.6 Å². The quantitative estimate of drug-likeness (QED) is 0.777. The van der Waals surface area contributed by atoms with Gasteiger partial charge in [0.1, 0.15) is 6.54 Å². The Labute approximate surface area is 104 Å². The molecular formula is C13H15NO4. The van der Waals surface area contributed by atoms with E-state index in [0.29, 0.717) is 11.1 Å². The number of aromatic nitrogens is 1. The van der Waals surface area contributed by atoms with Gasteiger partial charge in [-0.05, 0) is 25.5 Å². The molecule has 1 heterocycles. The van der Waals surface area contributed by atoms with E-state index in [2.05, 4.69) is 0 Å². The smallest absolute Gasteiger partial charge is 0.420 e. The molecule has 1 aromatic heterocycles. The summed E-state index contributed by atoms with van der Waals surface area (Å²) in [6.45, 7) is 3.62. The average molecular weight is 249 g/mol. The molecular weight excluding hydrogens is 234 g/mol. The highest BCUT2D eigenvalue weighted by molar-refractivity contribution is 5.76. The van der Waals surface area contributed by atoms with Gasteiger partial charge in [-0.2, -0.15) is 0 Å². The third-order valence-electron chi connectivity index (χ3n) is 2.77. The third-order valence-corrected chi connectivity index (χ3v) is 2.77. The van der Waals surface area contributed by atoms with Gasteiger partial charge >= 0.3 is 11.7 Å². The van der Waals surface area contributed by atoms with E-state index in [1.54, 1.807) is 24.3 Å². The van der Waals surface area contributed by atoms with Crippen LogP contribution in [0.2, 0.25) is 0 Å². The molecule has 0 fully saturated rings. The van der Waals surface area contributed by atoms with Gasteiger partial charge in [-0.1, -0.05) is 19.1 Å². The molecule has 0 bridgehead atoms. The van der Waals surface area contributed by atoms with E-state index in [1.165, 1.54) is 4.57 Å². The van der Waals surface area contributed by atoms with Crippen molar-refractivity contribution in [3.8, 4) is 0 Å². The summed E-state index contributed by atoms with van der Waals surface area (Å²) in [5.41, 5.74) is 1.07. The fourth-order valence-corrected chi connectivity index (χ4v) is 1.64. The topological polar surface area (TPSA) is 61.4 Å². The van der Waals surface area contributed by atoms with E-state index in [4.69, 9.17) is 9.15 Å². The molecule has 18 heavy (non-hydrogen) atoms. The first kappa shape index (κ1) is 12.4. The summed E-state index contributed by atoms with van der Waals surface area (Å²) in [4.78, 5) is 23.3. The first-order chi connectivity index (χ1) is 8.61. The minimum absolute atomic E-state index is 0.125. The second-order valence-corrected chi connectivity index (χ2v) is 4.13. The van der Waals surface area contributed by atoms with Gasteiger partial charge in [-0.15, -0.1) is 0 Å². The predicted octanol–water partition coefficient (Wildman–Crippen LogP) is 1.94. The number of fused-ring (bicyclic) bond motifs is 1. The van der Waals surface area contributed by atoms with Crippen molar-refractivity contribution in [3.05, 3.63) is 34.8 Å². The summed E-state index contributed by atoms with van der Waals surface area (Å²) in [5, 5.41) is 0. The van der Waals surface area contributed by atoms with Crippen LogP contribution in [0.1, 0.15) is 20.3 Å². The molecule has 1 atom stereocenters. The van der Waals surface area contributed by atoms with Crippen molar-refractivity contribution >= 4 is 17.1 Å². The molecule has 0 aliphatic carbocycles. The first-order valence-electron chi connectivity index (χ1n) is 5.89. The number of nitrogens with zero attached hydrogens (tertiary/aromatic N) is 1. The highest BCUT2D eigenvalue weighted by Gasteiger charge is 2.14. The lowest BCUT2D eigenvalue weighted by Crippen LogP contribution is -2.24. The first-order valence-corrected chi connectivity index (χ1v) is 5.89. The maximum absolute atomic E-state index is 11.7. The Morgan fingerprint density at radius 1 is 1.44 bits per heavy atom. The van der Waals surface area contributed by atoms with Crippen LogP contribution >= 0.6 is 0 Å². The van der Waals surface area contributed by atoms with Gasteiger partial charge in [-0.25, -0.2) is 4.79 Å². The zero-order valence-corrected chi connectivity index (χ0v) is 10.4. The number of carbonyl (C=O) groups excluding carboxylic acids is 1. The Kier molecular flexibility index (Phi) is 3.50. The molecule has 0 radical (unpaired) electrons. The highest BCUT2D eigenvalue weighted by Crippen LogP contribution is 2.11. The van der Waals surface area contributed by atoms with Gasteiger partial charge in [-0.3, -0.25) is 9.36 Å². The average Bonchev–Trinajstić information content (AvgIpc) is 2.66. The molecule has 0 saturated heterocycles. The molecule has 0 aliphatic rings. The Balaban J connectivity index is 2.24. The third kappa shape index (κ3) is 2.45. The number of hydrogen-bond acceptors (Lipinski definition) is 4. The number of oxazole rings is 1. The van der Waals surface area contributed by atoms with Crippen LogP contribution in [0.25, 0.3) is 11.1 Å². The number of benzene rings is 1. The van der Waals surface area contributed by atoms with Gasteiger partial charge in [0.15, 0.2) is 5.58 Å². The largest absolute Gasteiger partial charge is 0.461 e. The summed E-state index contributed by atoms with van der Waals surface area (Å²) < 4.78 is 11.4. The lowest BCUT2D eigenvalue weighted by Gasteiger charge is -2.10. The normalized spacial score (nSPS) is 12.6. The SMILES string of the molecule is CC[C@H](C)OC(=O)Cn1c(=O)oc2ccccc21. The Morgan fingerprint density at radius 2 is 2.17 bits per heavy atom. The second kappa shape index (κ2) is 5.08. The van der Waals surface area contributed by atoms with E-state index >= 15 is 0 Å². The number of para-hydroxylation sites is 2. The number of esters is 1. The lowest BCUT2D eigenvalue weighted by atomic mass is 10.3. The fraction of sp³-hybridized carbons (Fsp3) is 0.385. The van der Waals surface area contributed by atoms with Crippen molar-refractivity contribution < 1.29 is 13.9 Å². The molecule has 96 valence electrons. The molecule has 0 spiro atoms. The zero-order chi connectivity index (χ0) is 13.1. The summed E-state index contributed by atoms with van der Waals surface area (Å²) in [6, 6.07) is 6.98. The zero-order valence-electron chi connectivity index (χ0n) is 10.4. The Morgan fingerprint density at radius 3 is 2.89 bits per heavy atom. The molecule has 2 rings (SSSR count). The van der Waals surface area contributed by atoms with E-state index < -0.39 is 11.7 Å². The van der Waals surface area contributed by atoms with Crippen LogP contribution in [0.5, 0.6) is 0 Å². The van der Waals surface area contributed by atoms with E-state index in [9.17, 15) is 9.59 Å². The van der Waals surface area contributed by atoms with E-state index in [-0.39, 0.29) is 12.6 Å². The molecule has 0 saturated carbocycles. The molecule has 1 aromatic carbocycles. The fourth-order valence-electron chi connectivity index (χ4n) is 1.64. The number of rotatable bonds is 4. The molecule has 5 nitrogen and oxygen atoms in total. The second-order valence-electron chi connectivity index (χ2n) is 4.13. The maximum atomic E-state index is 11.7. The van der Waals surface area contributed by atoms with Crippen molar-refractivity contribution in [1.29, 1.82) is 0 Å². The van der Waals surface area contributed by atoms with Crippen LogP contribution in [0.4, 0.5) is 0 Å². The minimum atomic E-state index is -0.544. The number of carbonyl (C=O) groups is 1. The van der Waals surface area contributed by atoms with Crippen molar-refractivity contribution in [2.24, 2.45) is 0 Å². The van der Waals surface area contributed by atoms with Gasteiger partial charge < -0.3 is 9.15 Å². The maximum Gasteiger partial charge on any atom is 0.420 e. The summed E-state index contributed by atoms with van der Waals surface area (Å²) in [5.74, 6) is -0.977. The van der Waals surface area contributed by atoms with Crippen molar-refractivity contribution in [2.75, 3.05) is 0 Å². The van der Waals surface area contributed by atoms with Crippen LogP contribution in [-0.2, 0) is 16.1 Å². The van der Waals surface area contributed by atoms with Gasteiger partial charge in [0.05, 0.1) is 11.6 Å². The van der Waals surface area contributed by atoms with Crippen molar-refractivity contribution in [3.63, 3.8) is 0 Å². The summed E-state index contributed by atoms with van der Waals surface area (Å²) >= 11 is 0. The molecule has 0 aliphatic heterocycles. The molecule has 2 aromatic rings. The van der Waals surface area contributed by atoms with Crippen LogP contribution in [0.3, 0.4) is 0 Å². The Bertz CT molecular complexity index is 611. The standard InChI is InChI=1S/C13H15NO4/c1-3-9(2)17-12(15)8-14-10-6-4-5-7-11(10)18-13(14)16/h4-7,9H,3,8H2,1-2H3/t9-/m0/s1. The number of ether oxygens (including phenoxy) is 1. The van der Waals surface area contributed by atoms with Gasteiger partial charge in [0.2, 0.25) is 0 Å².